The maximum atomic E-state index is 7.05. The third-order valence-electron chi connectivity index (χ3n) is 13.6. The number of aromatic nitrogens is 2. The van der Waals surface area contributed by atoms with Crippen LogP contribution >= 0.6 is 0 Å². The molecule has 0 saturated heterocycles. The van der Waals surface area contributed by atoms with Crippen molar-refractivity contribution in [3.05, 3.63) is 198 Å². The van der Waals surface area contributed by atoms with Gasteiger partial charge in [-0.3, -0.25) is 4.57 Å². The molecule has 0 radical (unpaired) electrons. The van der Waals surface area contributed by atoms with E-state index in [9.17, 15) is 0 Å². The molecule has 4 heterocycles. The summed E-state index contributed by atoms with van der Waals surface area (Å²) in [5.74, 6) is 2.06. The van der Waals surface area contributed by atoms with Crippen LogP contribution in [0.1, 0.15) is 54.9 Å². The Labute approximate surface area is 364 Å². The van der Waals surface area contributed by atoms with Crippen LogP contribution in [0.4, 0.5) is 0 Å². The lowest BCUT2D eigenvalue weighted by molar-refractivity contribution is 0.666. The molecule has 2 aliphatic rings. The number of hydrogen-bond donors (Lipinski definition) is 0. The summed E-state index contributed by atoms with van der Waals surface area (Å²) in [5, 5.41) is 9.26. The Kier molecular flexibility index (Phi) is 7.92. The Morgan fingerprint density at radius 2 is 1.19 bits per heavy atom. The normalized spacial score (nSPS) is 19.3. The molecule has 8 aromatic carbocycles. The summed E-state index contributed by atoms with van der Waals surface area (Å²) in [5.41, 5.74) is 12.9. The van der Waals surface area contributed by atoms with Crippen molar-refractivity contribution >= 4 is 99.8 Å². The zero-order valence-corrected chi connectivity index (χ0v) is 35.1. The van der Waals surface area contributed by atoms with Crippen LogP contribution in [0.2, 0.25) is 0 Å². The summed E-state index contributed by atoms with van der Waals surface area (Å²) in [6, 6.07) is 59.1. The fraction of sp³-hybridized carbons (Fsp3) is 0.103. The van der Waals surface area contributed by atoms with Crippen molar-refractivity contribution in [3.8, 4) is 5.69 Å². The Hall–Kier alpha value is -7.76. The number of para-hydroxylation sites is 4. The van der Waals surface area contributed by atoms with Gasteiger partial charge < -0.3 is 8.98 Å². The number of hydrogen-bond acceptors (Lipinski definition) is 3. The predicted molar refractivity (Wildman–Crippen MR) is 265 cm³/mol. The Morgan fingerprint density at radius 1 is 0.540 bits per heavy atom. The molecule has 2 atom stereocenters. The molecule has 0 fully saturated rings. The van der Waals surface area contributed by atoms with E-state index in [4.69, 9.17) is 14.4 Å². The van der Waals surface area contributed by atoms with E-state index in [1.165, 1.54) is 43.4 Å². The molecule has 2 unspecified atom stereocenters. The molecule has 63 heavy (non-hydrogen) atoms. The molecule has 13 rings (SSSR count). The van der Waals surface area contributed by atoms with E-state index in [0.29, 0.717) is 11.8 Å². The van der Waals surface area contributed by atoms with Crippen LogP contribution in [0.5, 0.6) is 0 Å². The van der Waals surface area contributed by atoms with Crippen LogP contribution < -0.4 is 0 Å². The van der Waals surface area contributed by atoms with Gasteiger partial charge in [-0.25, -0.2) is 9.98 Å². The number of amidine groups is 1. The molecule has 0 saturated carbocycles. The molecule has 5 heteroatoms. The van der Waals surface area contributed by atoms with Gasteiger partial charge in [-0.1, -0.05) is 135 Å². The van der Waals surface area contributed by atoms with E-state index in [1.807, 2.05) is 0 Å². The first-order chi connectivity index (χ1) is 31.1. The molecule has 0 bridgehead atoms. The second-order valence-electron chi connectivity index (χ2n) is 17.4. The molecule has 1 aliphatic heterocycles. The fourth-order valence-electron chi connectivity index (χ4n) is 10.5. The average molecular weight is 811 g/mol. The Morgan fingerprint density at radius 3 is 1.95 bits per heavy atom. The SMILES string of the molecule is CC1C/C=C(n2c3ccccc3c3ccccc32)/N=C(c2ccc(-n3c4ccccc4c4cc5ccccc5cc43)c3oc4ccccc4c23)\N=C/1c1ccc2c(c1)C(C)CC=C2. The molecule has 5 nitrogen and oxygen atoms in total. The number of benzene rings is 8. The predicted octanol–water partition coefficient (Wildman–Crippen LogP) is 15.2. The first kappa shape index (κ1) is 35.9. The maximum Gasteiger partial charge on any atom is 0.162 e. The topological polar surface area (TPSA) is 47.7 Å². The van der Waals surface area contributed by atoms with Gasteiger partial charge in [-0.2, -0.15) is 0 Å². The van der Waals surface area contributed by atoms with Gasteiger partial charge in [0.25, 0.3) is 0 Å². The molecule has 1 aliphatic carbocycles. The van der Waals surface area contributed by atoms with Gasteiger partial charge in [0, 0.05) is 43.8 Å². The average Bonchev–Trinajstić information content (AvgIpc) is 3.98. The summed E-state index contributed by atoms with van der Waals surface area (Å²) in [6.45, 7) is 4.63. The van der Waals surface area contributed by atoms with Crippen molar-refractivity contribution < 1.29 is 4.42 Å². The minimum absolute atomic E-state index is 0.106. The quantitative estimate of drug-likeness (QED) is 0.175. The van der Waals surface area contributed by atoms with E-state index in [0.717, 1.165) is 85.2 Å². The molecule has 11 aromatic rings. The summed E-state index contributed by atoms with van der Waals surface area (Å²) >= 11 is 0. The Balaban J connectivity index is 1.11. The Bertz CT molecular complexity index is 3790. The van der Waals surface area contributed by atoms with Crippen molar-refractivity contribution in [2.24, 2.45) is 15.9 Å². The number of allylic oxidation sites excluding steroid dienone is 2. The summed E-state index contributed by atoms with van der Waals surface area (Å²) < 4.78 is 11.8. The van der Waals surface area contributed by atoms with Crippen molar-refractivity contribution in [1.29, 1.82) is 0 Å². The van der Waals surface area contributed by atoms with Crippen LogP contribution in [-0.2, 0) is 0 Å². The molecular weight excluding hydrogens is 769 g/mol. The lowest BCUT2D eigenvalue weighted by Gasteiger charge is -2.22. The number of nitrogens with zero attached hydrogens (tertiary/aromatic N) is 4. The van der Waals surface area contributed by atoms with Crippen molar-refractivity contribution in [3.63, 3.8) is 0 Å². The van der Waals surface area contributed by atoms with Gasteiger partial charge >= 0.3 is 0 Å². The van der Waals surface area contributed by atoms with Crippen LogP contribution in [0.3, 0.4) is 0 Å². The lowest BCUT2D eigenvalue weighted by Crippen LogP contribution is -2.18. The highest BCUT2D eigenvalue weighted by Gasteiger charge is 2.26. The molecule has 300 valence electrons. The fourth-order valence-corrected chi connectivity index (χ4v) is 10.5. The summed E-state index contributed by atoms with van der Waals surface area (Å²) in [6.07, 6.45) is 8.70. The van der Waals surface area contributed by atoms with Gasteiger partial charge in [0.1, 0.15) is 11.4 Å². The first-order valence-electron chi connectivity index (χ1n) is 22.1. The monoisotopic (exact) mass is 810 g/mol. The second kappa shape index (κ2) is 13.9. The van der Waals surface area contributed by atoms with Gasteiger partial charge in [0.2, 0.25) is 0 Å². The lowest BCUT2D eigenvalue weighted by atomic mass is 9.85. The second-order valence-corrected chi connectivity index (χ2v) is 17.4. The highest BCUT2D eigenvalue weighted by molar-refractivity contribution is 6.24. The van der Waals surface area contributed by atoms with Crippen LogP contribution in [0.15, 0.2) is 190 Å². The number of fused-ring (bicyclic) bond motifs is 11. The summed E-state index contributed by atoms with van der Waals surface area (Å²) in [4.78, 5) is 11.5. The molecule has 3 aromatic heterocycles. The molecular formula is C58H42N4O. The maximum absolute atomic E-state index is 7.05. The van der Waals surface area contributed by atoms with Crippen molar-refractivity contribution in [2.75, 3.05) is 0 Å². The third kappa shape index (κ3) is 5.49. The minimum Gasteiger partial charge on any atom is -0.454 e. The molecule has 0 amide bonds. The van der Waals surface area contributed by atoms with Crippen LogP contribution in [-0.4, -0.2) is 20.7 Å². The third-order valence-corrected chi connectivity index (χ3v) is 13.6. The highest BCUT2D eigenvalue weighted by atomic mass is 16.3. The van der Waals surface area contributed by atoms with Crippen LogP contribution in [0.25, 0.3) is 93.9 Å². The zero-order valence-electron chi connectivity index (χ0n) is 35.1. The molecule has 0 N–H and O–H groups in total. The van der Waals surface area contributed by atoms with E-state index < -0.39 is 0 Å². The highest BCUT2D eigenvalue weighted by Crippen LogP contribution is 2.42. The first-order valence-corrected chi connectivity index (χ1v) is 22.1. The van der Waals surface area contributed by atoms with Crippen molar-refractivity contribution in [1.82, 2.24) is 9.13 Å². The zero-order chi connectivity index (χ0) is 41.8. The van der Waals surface area contributed by atoms with E-state index in [2.05, 4.69) is 205 Å². The van der Waals surface area contributed by atoms with Gasteiger partial charge in [-0.15, -0.1) is 0 Å². The van der Waals surface area contributed by atoms with E-state index in [1.54, 1.807) is 0 Å². The van der Waals surface area contributed by atoms with Crippen LogP contribution in [0, 0.1) is 5.92 Å². The minimum atomic E-state index is 0.106. The smallest absolute Gasteiger partial charge is 0.162 e. The van der Waals surface area contributed by atoms with Gasteiger partial charge in [0.15, 0.2) is 11.4 Å². The number of aliphatic imine (C=N–C) groups is 2. The largest absolute Gasteiger partial charge is 0.454 e. The van der Waals surface area contributed by atoms with E-state index >= 15 is 0 Å². The number of furan rings is 1. The summed E-state index contributed by atoms with van der Waals surface area (Å²) in [7, 11) is 0. The number of rotatable bonds is 4. The molecule has 0 spiro atoms. The van der Waals surface area contributed by atoms with Gasteiger partial charge in [0.05, 0.1) is 33.5 Å². The standard InChI is InChI=1S/C58H42N4O/c1-35-14-13-17-37-27-28-40(33-46(35)37)56-36(2)26-31-54(62-49-23-10-5-18-41(49)42-19-6-11-24-50(42)62)59-58(60-56)45-29-30-51(57-55(45)44-21-8-12-25-53(44)63-57)61-48-22-9-7-20-43(48)47-32-38-15-3-4-16-39(38)34-52(47)61/h3-13,15-25,27-36H,14,26H2,1-2H3/b54-31-,59-58-,60-56+. The van der Waals surface area contributed by atoms with E-state index in [-0.39, 0.29) is 5.92 Å². The van der Waals surface area contributed by atoms with Gasteiger partial charge in [-0.05, 0) is 107 Å². The van der Waals surface area contributed by atoms with Crippen molar-refractivity contribution in [2.45, 2.75) is 32.6 Å².